The Morgan fingerprint density at radius 1 is 0.824 bits per heavy atom. The summed E-state index contributed by atoms with van der Waals surface area (Å²) in [5, 5.41) is 34.2. The number of aliphatic imine (C=N–C) groups is 1. The molecule has 374 valence electrons. The number of nitrogens with two attached hydrogens (primary N) is 3. The third-order valence-electron chi connectivity index (χ3n) is 10.3. The number of thiol groups is 1. The van der Waals surface area contributed by atoms with Crippen LogP contribution in [0.25, 0.3) is 10.9 Å². The van der Waals surface area contributed by atoms with Crippen molar-refractivity contribution >= 4 is 110 Å². The van der Waals surface area contributed by atoms with Gasteiger partial charge in [0.1, 0.15) is 36.3 Å². The molecule has 15 N–H and O–H groups in total. The topological polar surface area (TPSA) is 393 Å². The third-order valence-corrected chi connectivity index (χ3v) is 13.1. The van der Waals surface area contributed by atoms with Gasteiger partial charge in [0, 0.05) is 60.3 Å². The number of aromatic amines is 1. The lowest BCUT2D eigenvalue weighted by Gasteiger charge is -2.30. The van der Waals surface area contributed by atoms with Crippen molar-refractivity contribution < 1.29 is 58.2 Å². The summed E-state index contributed by atoms with van der Waals surface area (Å²) in [4.78, 5) is 137. The molecule has 0 saturated carbocycles. The van der Waals surface area contributed by atoms with Gasteiger partial charge in [0.2, 0.25) is 47.3 Å². The maximum absolute atomic E-state index is 14.4. The molecule has 8 amide bonds. The Morgan fingerprint density at radius 2 is 1.50 bits per heavy atom. The zero-order valence-electron chi connectivity index (χ0n) is 37.3. The summed E-state index contributed by atoms with van der Waals surface area (Å²) in [7, 11) is 2.58. The molecule has 1 aromatic heterocycles. The second-order valence-electron chi connectivity index (χ2n) is 15.6. The fraction of sp³-hybridized carbons (Fsp3) is 0.537. The van der Waals surface area contributed by atoms with Crippen molar-refractivity contribution in [3.05, 3.63) is 36.0 Å². The number of amides is 8. The minimum absolute atomic E-state index is 0.000649. The van der Waals surface area contributed by atoms with Gasteiger partial charge in [-0.1, -0.05) is 39.8 Å². The first kappa shape index (κ1) is 56.1. The number of carboxylic acid groups (broad SMARTS) is 2. The number of nitrogens with one attached hydrogen (secondary N) is 7. The first-order valence-electron chi connectivity index (χ1n) is 21.6. The van der Waals surface area contributed by atoms with E-state index in [1.807, 2.05) is 0 Å². The number of primary amides is 1. The summed E-state index contributed by atoms with van der Waals surface area (Å²) >= 11 is 4.01. The van der Waals surface area contributed by atoms with Crippen molar-refractivity contribution in [2.75, 3.05) is 36.9 Å². The number of rotatable bonds is 30. The molecule has 0 spiro atoms. The van der Waals surface area contributed by atoms with Crippen molar-refractivity contribution in [2.45, 2.75) is 101 Å². The molecule has 1 aliphatic heterocycles. The van der Waals surface area contributed by atoms with E-state index in [2.05, 4.69) is 54.5 Å². The number of carbonyl (C=O) groups excluding carboxylic acids is 8. The highest BCUT2D eigenvalue weighted by Gasteiger charge is 2.40. The van der Waals surface area contributed by atoms with E-state index < -0.39 is 108 Å². The maximum atomic E-state index is 14.4. The largest absolute Gasteiger partial charge is 0.481 e. The van der Waals surface area contributed by atoms with Crippen LogP contribution in [0.15, 0.2) is 35.5 Å². The van der Waals surface area contributed by atoms with Gasteiger partial charge in [-0.3, -0.25) is 52.9 Å². The lowest BCUT2D eigenvalue weighted by atomic mass is 10.0. The molecule has 0 unspecified atom stereocenters. The molecule has 3 rings (SSSR count). The minimum atomic E-state index is -1.76. The SMILES string of the molecule is C[C@H](NC(=O)[C@@H]1CCCN1C(=O)[C@H](Cc1c[nH]c2ccccc12)NC(=O)[C@H](CC(=O)O)NC(=O)CNC(=O)[C@H](CCCCN=C(N)N)NC(=O)CCSSCCC(=O)O)C(=O)N[C@@H](CS)C(N)=O. The van der Waals surface area contributed by atoms with Crippen molar-refractivity contribution in [2.24, 2.45) is 22.2 Å². The molecule has 0 aliphatic carbocycles. The summed E-state index contributed by atoms with van der Waals surface area (Å²) in [6.45, 7) is 0.973. The predicted molar refractivity (Wildman–Crippen MR) is 257 cm³/mol. The number of para-hydroxylation sites is 1. The standard InChI is InChI=1S/C41H60N12O12S3/c1-22(36(61)52-29(21-66)35(42)60)48-39(64)30-10-6-14-53(30)40(65)28(17-23-19-46-25-8-3-2-7-24(23)25)51-38(63)27(18-34(58)59)50-32(55)20-47-37(62)26(9-4-5-13-45-41(43)44)49-31(54)11-15-67-68-16-12-33(56)57/h2-3,7-8,19,22,26-30,46,66H,4-6,9-18,20-21H2,1H3,(H2,42,60)(H,47,62)(H,48,64)(H,49,54)(H,50,55)(H,51,63)(H,52,61)(H,56,57)(H,58,59)(H4,43,44,45)/t22-,26-,27-,28-,29-,30-/m0/s1. The van der Waals surface area contributed by atoms with Gasteiger partial charge in [0.05, 0.1) is 19.4 Å². The lowest BCUT2D eigenvalue weighted by Crippen LogP contribution is -2.59. The normalized spacial score (nSPS) is 15.4. The van der Waals surface area contributed by atoms with Crippen LogP contribution in [0.3, 0.4) is 0 Å². The molecular weight excluding hydrogens is 949 g/mol. The second kappa shape index (κ2) is 28.8. The van der Waals surface area contributed by atoms with Crippen molar-refractivity contribution in [3.8, 4) is 0 Å². The monoisotopic (exact) mass is 1010 g/mol. The van der Waals surface area contributed by atoms with Gasteiger partial charge in [0.25, 0.3) is 0 Å². The van der Waals surface area contributed by atoms with Crippen molar-refractivity contribution in [1.82, 2.24) is 41.8 Å². The molecule has 1 fully saturated rings. The summed E-state index contributed by atoms with van der Waals surface area (Å²) in [5.41, 5.74) is 17.4. The predicted octanol–water partition coefficient (Wildman–Crippen LogP) is -2.16. The molecular formula is C41H60N12O12S3. The number of nitrogens with zero attached hydrogens (tertiary/aromatic N) is 2. The number of hydrogen-bond acceptors (Lipinski definition) is 14. The quantitative estimate of drug-likeness (QED) is 0.0130. The smallest absolute Gasteiger partial charge is 0.305 e. The Morgan fingerprint density at radius 3 is 2.16 bits per heavy atom. The molecule has 1 aromatic carbocycles. The van der Waals surface area contributed by atoms with Gasteiger partial charge >= 0.3 is 11.9 Å². The minimum Gasteiger partial charge on any atom is -0.481 e. The first-order valence-corrected chi connectivity index (χ1v) is 24.7. The summed E-state index contributed by atoms with van der Waals surface area (Å²) < 4.78 is 0. The molecule has 27 heteroatoms. The molecule has 24 nitrogen and oxygen atoms in total. The van der Waals surface area contributed by atoms with E-state index in [1.165, 1.54) is 33.4 Å². The van der Waals surface area contributed by atoms with E-state index in [0.29, 0.717) is 41.7 Å². The van der Waals surface area contributed by atoms with E-state index in [1.54, 1.807) is 30.5 Å². The molecule has 2 aromatic rings. The summed E-state index contributed by atoms with van der Waals surface area (Å²) in [6.07, 6.45) is 2.05. The van der Waals surface area contributed by atoms with Gasteiger partial charge in [-0.25, -0.2) is 0 Å². The average molecular weight is 1010 g/mol. The van der Waals surface area contributed by atoms with Crippen LogP contribution < -0.4 is 49.1 Å². The number of fused-ring (bicyclic) bond motifs is 1. The average Bonchev–Trinajstić information content (AvgIpc) is 3.95. The number of likely N-dealkylation sites (tertiary alicyclic amines) is 1. The number of carbonyl (C=O) groups is 10. The van der Waals surface area contributed by atoms with Gasteiger partial charge in [-0.2, -0.15) is 12.6 Å². The molecule has 1 saturated heterocycles. The highest BCUT2D eigenvalue weighted by Crippen LogP contribution is 2.24. The lowest BCUT2D eigenvalue weighted by molar-refractivity contribution is -0.143. The Bertz CT molecular complexity index is 2160. The molecule has 68 heavy (non-hydrogen) atoms. The maximum Gasteiger partial charge on any atom is 0.305 e. The van der Waals surface area contributed by atoms with Crippen molar-refractivity contribution in [3.63, 3.8) is 0 Å². The Kier molecular flexibility index (Phi) is 23.8. The number of unbranched alkanes of at least 4 members (excludes halogenated alkanes) is 1. The van der Waals surface area contributed by atoms with Crippen LogP contribution in [0, 0.1) is 0 Å². The van der Waals surface area contributed by atoms with Gasteiger partial charge in [0.15, 0.2) is 5.96 Å². The van der Waals surface area contributed by atoms with E-state index in [4.69, 9.17) is 22.3 Å². The Hall–Kier alpha value is -6.22. The van der Waals surface area contributed by atoms with E-state index in [0.717, 1.165) is 5.52 Å². The van der Waals surface area contributed by atoms with Crippen molar-refractivity contribution in [1.29, 1.82) is 0 Å². The van der Waals surface area contributed by atoms with Crippen LogP contribution in [0.2, 0.25) is 0 Å². The number of aromatic nitrogens is 1. The second-order valence-corrected chi connectivity index (χ2v) is 18.7. The third kappa shape index (κ3) is 19.2. The first-order chi connectivity index (χ1) is 32.3. The van der Waals surface area contributed by atoms with Crippen LogP contribution in [-0.2, 0) is 54.4 Å². The highest BCUT2D eigenvalue weighted by molar-refractivity contribution is 8.76. The van der Waals surface area contributed by atoms with Gasteiger partial charge in [-0.05, 0) is 50.7 Å². The van der Waals surface area contributed by atoms with Crippen LogP contribution >= 0.6 is 34.2 Å². The number of guanidine groups is 1. The van der Waals surface area contributed by atoms with Crippen LogP contribution in [0.4, 0.5) is 0 Å². The van der Waals surface area contributed by atoms with E-state index in [9.17, 15) is 53.1 Å². The van der Waals surface area contributed by atoms with Crippen LogP contribution in [-0.4, -0.2) is 158 Å². The molecule has 0 bridgehead atoms. The Balaban J connectivity index is 1.75. The van der Waals surface area contributed by atoms with Crippen LogP contribution in [0.1, 0.15) is 63.9 Å². The van der Waals surface area contributed by atoms with Crippen LogP contribution in [0.5, 0.6) is 0 Å². The molecule has 6 atom stereocenters. The number of H-pyrrole nitrogens is 1. The molecule has 0 radical (unpaired) electrons. The van der Waals surface area contributed by atoms with E-state index >= 15 is 0 Å². The number of carboxylic acids is 2. The zero-order chi connectivity index (χ0) is 50.3. The van der Waals surface area contributed by atoms with Gasteiger partial charge < -0.3 is 69.2 Å². The fourth-order valence-electron chi connectivity index (χ4n) is 6.88. The Labute approximate surface area is 404 Å². The molecule has 1 aliphatic rings. The summed E-state index contributed by atoms with van der Waals surface area (Å²) in [5.74, 6) is -8.20. The zero-order valence-corrected chi connectivity index (χ0v) is 39.9. The van der Waals surface area contributed by atoms with Gasteiger partial charge in [-0.15, -0.1) is 0 Å². The van der Waals surface area contributed by atoms with E-state index in [-0.39, 0.29) is 56.9 Å². The number of aliphatic carboxylic acids is 2. The molecule has 2 heterocycles. The fourth-order valence-corrected chi connectivity index (χ4v) is 9.12. The highest BCUT2D eigenvalue weighted by atomic mass is 33.1. The number of hydrogen-bond donors (Lipinski definition) is 13. The number of benzene rings is 1. The summed E-state index contributed by atoms with van der Waals surface area (Å²) in [6, 6.07) is -0.477.